The predicted octanol–water partition coefficient (Wildman–Crippen LogP) is 1.31. The zero-order valence-electron chi connectivity index (χ0n) is 11.1. The average Bonchev–Trinajstić information content (AvgIpc) is 3.03. The maximum absolute atomic E-state index is 12.9. The number of hydrogen-bond donors (Lipinski definition) is 1. The maximum Gasteiger partial charge on any atom is 0.260 e. The van der Waals surface area contributed by atoms with E-state index in [0.29, 0.717) is 0 Å². The molecule has 0 aliphatic carbocycles. The van der Waals surface area contributed by atoms with Gasteiger partial charge in [-0.3, -0.25) is 5.10 Å². The summed E-state index contributed by atoms with van der Waals surface area (Å²) < 4.78 is 44.7. The van der Waals surface area contributed by atoms with E-state index in [1.165, 1.54) is 28.7 Å². The third-order valence-electron chi connectivity index (χ3n) is 3.36. The fraction of sp³-hybridized carbons (Fsp3) is 0.308. The molecule has 2 aromatic rings. The van der Waals surface area contributed by atoms with Crippen molar-refractivity contribution in [2.45, 2.75) is 11.1 Å². The van der Waals surface area contributed by atoms with Crippen LogP contribution >= 0.6 is 0 Å². The lowest BCUT2D eigenvalue weighted by atomic mass is 10.1. The van der Waals surface area contributed by atoms with E-state index in [0.717, 1.165) is 5.56 Å². The number of H-pyrrole nitrogens is 1. The van der Waals surface area contributed by atoms with Crippen molar-refractivity contribution in [3.63, 3.8) is 0 Å². The third-order valence-corrected chi connectivity index (χ3v) is 5.16. The van der Waals surface area contributed by atoms with Gasteiger partial charge >= 0.3 is 0 Å². The highest BCUT2D eigenvalue weighted by molar-refractivity contribution is 7.89. The molecule has 1 N–H and O–H groups in total. The summed E-state index contributed by atoms with van der Waals surface area (Å²) >= 11 is 0. The summed E-state index contributed by atoms with van der Waals surface area (Å²) in [7, 11) is -3.61. The number of sulfonamides is 1. The number of morpholine rings is 1. The van der Waals surface area contributed by atoms with Crippen molar-refractivity contribution in [3.05, 3.63) is 47.9 Å². The summed E-state index contributed by atoms with van der Waals surface area (Å²) in [6, 6.07) is 7.29. The van der Waals surface area contributed by atoms with Crippen molar-refractivity contribution < 1.29 is 17.5 Å². The Kier molecular flexibility index (Phi) is 3.75. The topological polar surface area (TPSA) is 75.3 Å². The van der Waals surface area contributed by atoms with Crippen LogP contribution in [0, 0.1) is 5.82 Å². The second-order valence-electron chi connectivity index (χ2n) is 4.69. The van der Waals surface area contributed by atoms with E-state index in [-0.39, 0.29) is 30.5 Å². The Morgan fingerprint density at radius 1 is 1.29 bits per heavy atom. The van der Waals surface area contributed by atoms with E-state index in [4.69, 9.17) is 4.74 Å². The van der Waals surface area contributed by atoms with Crippen LogP contribution in [0.5, 0.6) is 0 Å². The van der Waals surface area contributed by atoms with Crippen LogP contribution in [0.4, 0.5) is 4.39 Å². The van der Waals surface area contributed by atoms with Gasteiger partial charge in [-0.25, -0.2) is 12.8 Å². The third kappa shape index (κ3) is 2.82. The molecule has 1 aliphatic rings. The molecule has 0 bridgehead atoms. The second-order valence-corrected chi connectivity index (χ2v) is 6.60. The first kappa shape index (κ1) is 14.2. The van der Waals surface area contributed by atoms with E-state index in [1.54, 1.807) is 12.1 Å². The highest BCUT2D eigenvalue weighted by atomic mass is 32.2. The first-order valence-corrected chi connectivity index (χ1v) is 7.88. The molecule has 1 atom stereocenters. The van der Waals surface area contributed by atoms with Crippen LogP contribution in [-0.4, -0.2) is 42.6 Å². The van der Waals surface area contributed by atoms with Gasteiger partial charge in [-0.2, -0.15) is 9.40 Å². The van der Waals surface area contributed by atoms with Gasteiger partial charge < -0.3 is 4.74 Å². The number of hydrogen-bond acceptors (Lipinski definition) is 4. The number of rotatable bonds is 3. The van der Waals surface area contributed by atoms with Crippen molar-refractivity contribution in [2.24, 2.45) is 0 Å². The minimum Gasteiger partial charge on any atom is -0.371 e. The molecule has 1 aromatic heterocycles. The lowest BCUT2D eigenvalue weighted by Gasteiger charge is -2.31. The Bertz CT molecular complexity index is 701. The van der Waals surface area contributed by atoms with E-state index in [2.05, 4.69) is 10.2 Å². The molecule has 1 unspecified atom stereocenters. The molecule has 2 heterocycles. The fourth-order valence-electron chi connectivity index (χ4n) is 2.25. The van der Waals surface area contributed by atoms with Gasteiger partial charge in [0.1, 0.15) is 5.82 Å². The van der Waals surface area contributed by atoms with Gasteiger partial charge in [0.15, 0.2) is 5.03 Å². The normalized spacial score (nSPS) is 20.5. The monoisotopic (exact) mass is 311 g/mol. The van der Waals surface area contributed by atoms with Gasteiger partial charge in [-0.15, -0.1) is 0 Å². The molecule has 1 aromatic carbocycles. The van der Waals surface area contributed by atoms with Gasteiger partial charge in [0, 0.05) is 13.1 Å². The van der Waals surface area contributed by atoms with Crippen LogP contribution in [0.2, 0.25) is 0 Å². The smallest absolute Gasteiger partial charge is 0.260 e. The Hall–Kier alpha value is -1.77. The zero-order chi connectivity index (χ0) is 14.9. The van der Waals surface area contributed by atoms with Crippen molar-refractivity contribution >= 4 is 10.0 Å². The van der Waals surface area contributed by atoms with Crippen LogP contribution in [0.15, 0.2) is 41.6 Å². The van der Waals surface area contributed by atoms with Crippen molar-refractivity contribution in [3.8, 4) is 0 Å². The minimum atomic E-state index is -3.61. The predicted molar refractivity (Wildman–Crippen MR) is 72.4 cm³/mol. The summed E-state index contributed by atoms with van der Waals surface area (Å²) in [5.41, 5.74) is 0.751. The summed E-state index contributed by atoms with van der Waals surface area (Å²) in [6.07, 6.45) is 0.988. The molecule has 1 saturated heterocycles. The maximum atomic E-state index is 12.9. The molecule has 6 nitrogen and oxygen atoms in total. The Morgan fingerprint density at radius 3 is 2.71 bits per heavy atom. The van der Waals surface area contributed by atoms with Gasteiger partial charge in [-0.1, -0.05) is 12.1 Å². The largest absolute Gasteiger partial charge is 0.371 e. The first-order valence-electron chi connectivity index (χ1n) is 6.44. The molecule has 1 aliphatic heterocycles. The van der Waals surface area contributed by atoms with Crippen molar-refractivity contribution in [2.75, 3.05) is 19.7 Å². The number of aromatic amines is 1. The number of ether oxygens (including phenoxy) is 1. The quantitative estimate of drug-likeness (QED) is 0.927. The van der Waals surface area contributed by atoms with Crippen LogP contribution in [0.1, 0.15) is 11.7 Å². The standard InChI is InChI=1S/C13H14FN3O3S/c14-11-3-1-10(2-4-11)12-9-17(7-8-20-12)21(18,19)13-5-6-15-16-13/h1-6,12H,7-9H2,(H,15,16). The highest BCUT2D eigenvalue weighted by Gasteiger charge is 2.32. The number of nitrogens with one attached hydrogen (secondary N) is 1. The Morgan fingerprint density at radius 2 is 2.05 bits per heavy atom. The molecule has 112 valence electrons. The molecule has 0 saturated carbocycles. The summed E-state index contributed by atoms with van der Waals surface area (Å²) in [5.74, 6) is -0.337. The summed E-state index contributed by atoms with van der Waals surface area (Å²) in [4.78, 5) is 0. The lowest BCUT2D eigenvalue weighted by molar-refractivity contribution is -0.00265. The molecule has 1 fully saturated rings. The van der Waals surface area contributed by atoms with Gasteiger partial charge in [0.25, 0.3) is 10.0 Å². The second kappa shape index (κ2) is 5.55. The SMILES string of the molecule is O=S(=O)(c1ccn[nH]1)N1CCOC(c2ccc(F)cc2)C1. The lowest BCUT2D eigenvalue weighted by Crippen LogP contribution is -2.42. The summed E-state index contributed by atoms with van der Waals surface area (Å²) in [5, 5.41) is 6.19. The van der Waals surface area contributed by atoms with Gasteiger partial charge in [0.2, 0.25) is 0 Å². The Labute approximate surface area is 121 Å². The number of nitrogens with zero attached hydrogens (tertiary/aromatic N) is 2. The molecule has 21 heavy (non-hydrogen) atoms. The highest BCUT2D eigenvalue weighted by Crippen LogP contribution is 2.25. The number of aromatic nitrogens is 2. The number of benzene rings is 1. The number of halogens is 1. The van der Waals surface area contributed by atoms with Crippen LogP contribution in [0.3, 0.4) is 0 Å². The van der Waals surface area contributed by atoms with Crippen LogP contribution in [0.25, 0.3) is 0 Å². The summed E-state index contributed by atoms with van der Waals surface area (Å²) in [6.45, 7) is 0.751. The molecule has 3 rings (SSSR count). The van der Waals surface area contributed by atoms with E-state index >= 15 is 0 Å². The molecule has 0 spiro atoms. The van der Waals surface area contributed by atoms with Crippen LogP contribution < -0.4 is 0 Å². The van der Waals surface area contributed by atoms with Gasteiger partial charge in [-0.05, 0) is 23.8 Å². The van der Waals surface area contributed by atoms with Crippen molar-refractivity contribution in [1.29, 1.82) is 0 Å². The average molecular weight is 311 g/mol. The molecular weight excluding hydrogens is 297 g/mol. The van der Waals surface area contributed by atoms with E-state index in [1.807, 2.05) is 0 Å². The Balaban J connectivity index is 1.82. The van der Waals surface area contributed by atoms with E-state index < -0.39 is 16.1 Å². The minimum absolute atomic E-state index is 0.0576. The molecule has 0 amide bonds. The molecule has 0 radical (unpaired) electrons. The first-order chi connectivity index (χ1) is 10.1. The van der Waals surface area contributed by atoms with E-state index in [9.17, 15) is 12.8 Å². The van der Waals surface area contributed by atoms with Crippen LogP contribution in [-0.2, 0) is 14.8 Å². The fourth-order valence-corrected chi connectivity index (χ4v) is 3.57. The molecular formula is C13H14FN3O3S. The molecule has 8 heteroatoms. The zero-order valence-corrected chi connectivity index (χ0v) is 11.9. The van der Waals surface area contributed by atoms with Crippen molar-refractivity contribution in [1.82, 2.24) is 14.5 Å². The van der Waals surface area contributed by atoms with Gasteiger partial charge in [0.05, 0.1) is 18.9 Å².